The molecule has 1 aromatic carbocycles. The van der Waals surface area contributed by atoms with Crippen LogP contribution in [0, 0.1) is 5.92 Å². The van der Waals surface area contributed by atoms with Gasteiger partial charge in [0.2, 0.25) is 5.91 Å². The highest BCUT2D eigenvalue weighted by Crippen LogP contribution is 2.39. The van der Waals surface area contributed by atoms with E-state index in [0.29, 0.717) is 44.7 Å². The lowest BCUT2D eigenvalue weighted by atomic mass is 9.83. The van der Waals surface area contributed by atoms with Gasteiger partial charge in [-0.15, -0.1) is 0 Å². The molecule has 3 saturated heterocycles. The minimum Gasteiger partial charge on any atom is -0.392 e. The first-order valence-corrected chi connectivity index (χ1v) is 9.47. The smallest absolute Gasteiger partial charge is 0.253 e. The summed E-state index contributed by atoms with van der Waals surface area (Å²) in [6, 6.07) is 9.53. The number of fused-ring (bicyclic) bond motifs is 2. The predicted octanol–water partition coefficient (Wildman–Crippen LogP) is 0.815. The van der Waals surface area contributed by atoms with Gasteiger partial charge in [0, 0.05) is 50.2 Å². The third kappa shape index (κ3) is 2.81. The maximum atomic E-state index is 13.0. The van der Waals surface area contributed by atoms with Gasteiger partial charge < -0.3 is 14.9 Å². The number of likely N-dealkylation sites (tertiary alicyclic amines) is 1. The summed E-state index contributed by atoms with van der Waals surface area (Å²) in [6.07, 6.45) is 0.344. The quantitative estimate of drug-likeness (QED) is 0.851. The summed E-state index contributed by atoms with van der Waals surface area (Å²) in [5, 5.41) is 10.2. The predicted molar refractivity (Wildman–Crippen MR) is 97.6 cm³/mol. The van der Waals surface area contributed by atoms with Crippen LogP contribution in [0.15, 0.2) is 30.3 Å². The van der Waals surface area contributed by atoms with Crippen LogP contribution in [0.2, 0.25) is 0 Å². The number of benzene rings is 1. The Balaban J connectivity index is 1.55. The fourth-order valence-corrected chi connectivity index (χ4v) is 4.80. The number of hydrogen-bond donors (Lipinski definition) is 1. The number of carbonyl (C=O) groups is 2. The third-order valence-corrected chi connectivity index (χ3v) is 6.00. The maximum absolute atomic E-state index is 13.0. The first-order valence-electron chi connectivity index (χ1n) is 9.47. The van der Waals surface area contributed by atoms with Gasteiger partial charge in [0.25, 0.3) is 5.91 Å². The Morgan fingerprint density at radius 3 is 2.38 bits per heavy atom. The minimum absolute atomic E-state index is 0.0158. The van der Waals surface area contributed by atoms with Crippen LogP contribution in [0.4, 0.5) is 0 Å². The van der Waals surface area contributed by atoms with Crippen molar-refractivity contribution >= 4 is 11.8 Å². The molecule has 3 aliphatic rings. The molecule has 3 heterocycles. The van der Waals surface area contributed by atoms with E-state index in [1.807, 2.05) is 54.0 Å². The van der Waals surface area contributed by atoms with E-state index < -0.39 is 0 Å². The van der Waals surface area contributed by atoms with Crippen molar-refractivity contribution in [1.82, 2.24) is 14.7 Å². The Morgan fingerprint density at radius 1 is 1.08 bits per heavy atom. The minimum atomic E-state index is -0.349. The van der Waals surface area contributed by atoms with Gasteiger partial charge in [-0.25, -0.2) is 0 Å². The van der Waals surface area contributed by atoms with E-state index in [2.05, 4.69) is 4.90 Å². The fraction of sp³-hybridized carbons (Fsp3) is 0.600. The van der Waals surface area contributed by atoms with E-state index >= 15 is 0 Å². The lowest BCUT2D eigenvalue weighted by Gasteiger charge is -2.61. The van der Waals surface area contributed by atoms with Crippen molar-refractivity contribution in [1.29, 1.82) is 0 Å². The molecule has 6 heteroatoms. The lowest BCUT2D eigenvalue weighted by Crippen LogP contribution is -2.79. The van der Waals surface area contributed by atoms with E-state index in [-0.39, 0.29) is 35.4 Å². The molecule has 4 rings (SSSR count). The maximum Gasteiger partial charge on any atom is 0.253 e. The molecule has 3 fully saturated rings. The summed E-state index contributed by atoms with van der Waals surface area (Å²) in [7, 11) is 0. The molecule has 1 aromatic rings. The van der Waals surface area contributed by atoms with E-state index in [0.717, 1.165) is 0 Å². The van der Waals surface area contributed by atoms with Gasteiger partial charge in [-0.1, -0.05) is 32.0 Å². The van der Waals surface area contributed by atoms with Gasteiger partial charge in [-0.2, -0.15) is 0 Å². The van der Waals surface area contributed by atoms with E-state index in [1.165, 1.54) is 0 Å². The highest BCUT2D eigenvalue weighted by Gasteiger charge is 2.57. The Morgan fingerprint density at radius 2 is 1.73 bits per heavy atom. The van der Waals surface area contributed by atoms with Crippen LogP contribution < -0.4 is 0 Å². The van der Waals surface area contributed by atoms with Crippen molar-refractivity contribution in [2.45, 2.75) is 38.0 Å². The van der Waals surface area contributed by atoms with Crippen LogP contribution in [-0.2, 0) is 4.79 Å². The largest absolute Gasteiger partial charge is 0.392 e. The number of aliphatic hydroxyl groups is 1. The summed E-state index contributed by atoms with van der Waals surface area (Å²) in [5.74, 6) is 0.191. The Bertz CT molecular complexity index is 700. The number of hydrogen-bond acceptors (Lipinski definition) is 4. The van der Waals surface area contributed by atoms with Crippen LogP contribution in [0.5, 0.6) is 0 Å². The average molecular weight is 357 g/mol. The number of piperazine rings is 1. The first kappa shape index (κ1) is 17.5. The molecule has 1 spiro atoms. The average Bonchev–Trinajstić information content (AvgIpc) is 2.98. The SMILES string of the molecule is CC(C)C(=O)N1CC2(CN(C(=O)c3ccccc3)C[C@H]3C[C@@H](O)CN32)C1. The van der Waals surface area contributed by atoms with E-state index in [1.54, 1.807) is 0 Å². The number of rotatable bonds is 2. The van der Waals surface area contributed by atoms with Gasteiger partial charge in [0.05, 0.1) is 11.6 Å². The lowest BCUT2D eigenvalue weighted by molar-refractivity contribution is -0.157. The van der Waals surface area contributed by atoms with Gasteiger partial charge in [0.15, 0.2) is 0 Å². The molecule has 0 saturated carbocycles. The fourth-order valence-electron chi connectivity index (χ4n) is 4.80. The van der Waals surface area contributed by atoms with Gasteiger partial charge >= 0.3 is 0 Å². The molecule has 140 valence electrons. The second-order valence-electron chi connectivity index (χ2n) is 8.32. The van der Waals surface area contributed by atoms with Crippen molar-refractivity contribution in [3.63, 3.8) is 0 Å². The number of aliphatic hydroxyl groups excluding tert-OH is 1. The van der Waals surface area contributed by atoms with Gasteiger partial charge in [0.1, 0.15) is 0 Å². The van der Waals surface area contributed by atoms with Crippen LogP contribution in [0.1, 0.15) is 30.6 Å². The summed E-state index contributed by atoms with van der Waals surface area (Å²) in [5.41, 5.74) is 0.485. The monoisotopic (exact) mass is 357 g/mol. The zero-order chi connectivity index (χ0) is 18.5. The zero-order valence-electron chi connectivity index (χ0n) is 15.5. The Kier molecular flexibility index (Phi) is 4.28. The number of carbonyl (C=O) groups excluding carboxylic acids is 2. The van der Waals surface area contributed by atoms with Crippen molar-refractivity contribution in [2.75, 3.05) is 32.7 Å². The summed E-state index contributed by atoms with van der Waals surface area (Å²) >= 11 is 0. The molecule has 2 amide bonds. The van der Waals surface area contributed by atoms with Crippen molar-refractivity contribution in [3.05, 3.63) is 35.9 Å². The molecule has 0 aromatic heterocycles. The molecule has 3 aliphatic heterocycles. The Labute approximate surface area is 154 Å². The molecule has 6 nitrogen and oxygen atoms in total. The number of amides is 2. The number of β-amino-alcohol motifs (C(OH)–C–C–N with tert-alkyl or cyclic N) is 1. The normalized spacial score (nSPS) is 27.5. The second-order valence-corrected chi connectivity index (χ2v) is 8.32. The van der Waals surface area contributed by atoms with Crippen molar-refractivity contribution in [2.24, 2.45) is 5.92 Å². The van der Waals surface area contributed by atoms with Crippen LogP contribution >= 0.6 is 0 Å². The van der Waals surface area contributed by atoms with Crippen molar-refractivity contribution < 1.29 is 14.7 Å². The molecule has 0 aliphatic carbocycles. The highest BCUT2D eigenvalue weighted by molar-refractivity contribution is 5.94. The highest BCUT2D eigenvalue weighted by atomic mass is 16.3. The topological polar surface area (TPSA) is 64.1 Å². The van der Waals surface area contributed by atoms with E-state index in [4.69, 9.17) is 0 Å². The summed E-state index contributed by atoms with van der Waals surface area (Å²) in [6.45, 7) is 7.03. The van der Waals surface area contributed by atoms with E-state index in [9.17, 15) is 14.7 Å². The zero-order valence-corrected chi connectivity index (χ0v) is 15.5. The number of nitrogens with zero attached hydrogens (tertiary/aromatic N) is 3. The Hall–Kier alpha value is -1.92. The standard InChI is InChI=1S/C20H27N3O3/c1-14(2)18(25)22-12-20(13-22)11-21(9-16-8-17(24)10-23(16)20)19(26)15-6-4-3-5-7-15/h3-7,14,16-17,24H,8-13H2,1-2H3/t16-,17-/m1/s1. The molecule has 26 heavy (non-hydrogen) atoms. The molecule has 0 radical (unpaired) electrons. The van der Waals surface area contributed by atoms with Crippen LogP contribution in [0.3, 0.4) is 0 Å². The molecular formula is C20H27N3O3. The van der Waals surface area contributed by atoms with Crippen LogP contribution in [-0.4, -0.2) is 82.0 Å². The van der Waals surface area contributed by atoms with Gasteiger partial charge in [-0.05, 0) is 18.6 Å². The third-order valence-electron chi connectivity index (χ3n) is 6.00. The molecule has 1 N–H and O–H groups in total. The van der Waals surface area contributed by atoms with Crippen molar-refractivity contribution in [3.8, 4) is 0 Å². The summed E-state index contributed by atoms with van der Waals surface area (Å²) < 4.78 is 0. The molecule has 0 unspecified atom stereocenters. The molecular weight excluding hydrogens is 330 g/mol. The molecule has 2 atom stereocenters. The molecule has 0 bridgehead atoms. The second kappa shape index (κ2) is 6.35. The first-order chi connectivity index (χ1) is 12.4. The van der Waals surface area contributed by atoms with Gasteiger partial charge in [-0.3, -0.25) is 14.5 Å². The summed E-state index contributed by atoms with van der Waals surface area (Å²) in [4.78, 5) is 31.5. The van der Waals surface area contributed by atoms with Crippen LogP contribution in [0.25, 0.3) is 0 Å².